The van der Waals surface area contributed by atoms with E-state index in [1.165, 1.54) is 0 Å². The second-order valence-corrected chi connectivity index (χ2v) is 5.12. The summed E-state index contributed by atoms with van der Waals surface area (Å²) in [6.45, 7) is 7.66. The fraction of sp³-hybridized carbons (Fsp3) is 0.263. The molecule has 0 atom stereocenters. The molecule has 1 amide bonds. The van der Waals surface area contributed by atoms with E-state index in [1.54, 1.807) is 13.8 Å². The number of benzene rings is 1. The van der Waals surface area contributed by atoms with Crippen molar-refractivity contribution in [3.05, 3.63) is 59.5 Å². The summed E-state index contributed by atoms with van der Waals surface area (Å²) in [5, 5.41) is 6.47. The van der Waals surface area contributed by atoms with Gasteiger partial charge in [0.25, 0.3) is 5.91 Å². The molecule has 5 nitrogen and oxygen atoms in total. The molecule has 0 radical (unpaired) electrons. The van der Waals surface area contributed by atoms with Crippen molar-refractivity contribution in [2.24, 2.45) is 0 Å². The lowest BCUT2D eigenvalue weighted by molar-refractivity contribution is 0.0956. The van der Waals surface area contributed by atoms with Crippen molar-refractivity contribution in [1.29, 1.82) is 0 Å². The van der Waals surface area contributed by atoms with Crippen LogP contribution in [-0.2, 0) is 6.42 Å². The van der Waals surface area contributed by atoms with E-state index in [0.29, 0.717) is 17.0 Å². The molecule has 0 spiro atoms. The first kappa shape index (κ1) is 17.4. The predicted octanol–water partition coefficient (Wildman–Crippen LogP) is 2.83. The molecule has 124 valence electrons. The number of ether oxygens (including phenoxy) is 1. The molecular weight excluding hydrogens is 304 g/mol. The minimum absolute atomic E-state index is 0.237. The third-order valence-corrected chi connectivity index (χ3v) is 3.36. The number of aromatic nitrogens is 1. The highest BCUT2D eigenvalue weighted by Crippen LogP contribution is 2.18. The molecule has 0 aliphatic rings. The maximum atomic E-state index is 12.0. The van der Waals surface area contributed by atoms with Crippen molar-refractivity contribution in [3.8, 4) is 17.6 Å². The largest absolute Gasteiger partial charge is 0.481 e. The zero-order chi connectivity index (χ0) is 17.4. The highest BCUT2D eigenvalue weighted by molar-refractivity contribution is 5.96. The molecule has 1 N–H and O–H groups in total. The van der Waals surface area contributed by atoms with Gasteiger partial charge < -0.3 is 14.6 Å². The molecule has 1 heterocycles. The normalized spacial score (nSPS) is 9.75. The quantitative estimate of drug-likeness (QED) is 0.655. The van der Waals surface area contributed by atoms with E-state index in [-0.39, 0.29) is 19.1 Å². The summed E-state index contributed by atoms with van der Waals surface area (Å²) in [5.41, 5.74) is 2.10. The summed E-state index contributed by atoms with van der Waals surface area (Å²) in [4.78, 5) is 12.0. The van der Waals surface area contributed by atoms with Crippen LogP contribution in [0.1, 0.15) is 27.4 Å². The van der Waals surface area contributed by atoms with Gasteiger partial charge in [0.2, 0.25) is 0 Å². The summed E-state index contributed by atoms with van der Waals surface area (Å²) >= 11 is 0. The van der Waals surface area contributed by atoms with Gasteiger partial charge in [0.05, 0.1) is 12.2 Å². The van der Waals surface area contributed by atoms with E-state index in [0.717, 1.165) is 17.7 Å². The first-order valence-corrected chi connectivity index (χ1v) is 7.62. The Bertz CT molecular complexity index is 762. The molecule has 1 aromatic carbocycles. The van der Waals surface area contributed by atoms with Gasteiger partial charge in [-0.15, -0.1) is 6.58 Å². The van der Waals surface area contributed by atoms with E-state index in [1.807, 2.05) is 30.3 Å². The number of allylic oxidation sites excluding steroid dienone is 1. The second kappa shape index (κ2) is 8.59. The maximum Gasteiger partial charge on any atom is 0.257 e. The fourth-order valence-corrected chi connectivity index (χ4v) is 2.22. The van der Waals surface area contributed by atoms with Gasteiger partial charge in [-0.3, -0.25) is 4.79 Å². The van der Waals surface area contributed by atoms with Crippen LogP contribution >= 0.6 is 0 Å². The molecule has 0 saturated heterocycles. The fourth-order valence-electron chi connectivity index (χ4n) is 2.22. The van der Waals surface area contributed by atoms with Crippen LogP contribution in [0.3, 0.4) is 0 Å². The maximum absolute atomic E-state index is 12.0. The van der Waals surface area contributed by atoms with Gasteiger partial charge in [-0.25, -0.2) is 0 Å². The number of nitrogens with one attached hydrogen (secondary N) is 1. The molecule has 0 fully saturated rings. The average molecular weight is 324 g/mol. The van der Waals surface area contributed by atoms with Gasteiger partial charge in [-0.1, -0.05) is 41.3 Å². The van der Waals surface area contributed by atoms with Crippen molar-refractivity contribution >= 4 is 5.91 Å². The molecule has 0 saturated carbocycles. The molecule has 5 heteroatoms. The SMILES string of the molecule is C=CCc1ccccc1OCC#CCNC(=O)c1c(C)noc1C. The van der Waals surface area contributed by atoms with E-state index in [9.17, 15) is 4.79 Å². The van der Waals surface area contributed by atoms with Crippen molar-refractivity contribution in [3.63, 3.8) is 0 Å². The first-order valence-electron chi connectivity index (χ1n) is 7.62. The summed E-state index contributed by atoms with van der Waals surface area (Å²) < 4.78 is 10.6. The summed E-state index contributed by atoms with van der Waals surface area (Å²) in [7, 11) is 0. The van der Waals surface area contributed by atoms with Gasteiger partial charge in [0.15, 0.2) is 0 Å². The number of hydrogen-bond acceptors (Lipinski definition) is 4. The van der Waals surface area contributed by atoms with Gasteiger partial charge in [-0.2, -0.15) is 0 Å². The molecule has 0 aliphatic heterocycles. The highest BCUT2D eigenvalue weighted by atomic mass is 16.5. The van der Waals surface area contributed by atoms with Crippen LogP contribution in [0.15, 0.2) is 41.4 Å². The molecule has 24 heavy (non-hydrogen) atoms. The third kappa shape index (κ3) is 4.50. The number of aryl methyl sites for hydroxylation is 2. The van der Waals surface area contributed by atoms with Crippen LogP contribution < -0.4 is 10.1 Å². The molecule has 1 aromatic heterocycles. The number of hydrogen-bond donors (Lipinski definition) is 1. The van der Waals surface area contributed by atoms with Gasteiger partial charge in [0.1, 0.15) is 23.7 Å². The topological polar surface area (TPSA) is 64.4 Å². The molecular formula is C19H20N2O3. The van der Waals surface area contributed by atoms with E-state index in [2.05, 4.69) is 28.9 Å². The lowest BCUT2D eigenvalue weighted by atomic mass is 10.1. The van der Waals surface area contributed by atoms with Gasteiger partial charge in [-0.05, 0) is 31.9 Å². The average Bonchev–Trinajstić information content (AvgIpc) is 2.91. The predicted molar refractivity (Wildman–Crippen MR) is 91.9 cm³/mol. The molecule has 2 aromatic rings. The molecule has 0 aliphatic carbocycles. The minimum atomic E-state index is -0.238. The van der Waals surface area contributed by atoms with E-state index in [4.69, 9.17) is 9.26 Å². The van der Waals surface area contributed by atoms with Gasteiger partial charge >= 0.3 is 0 Å². The lowest BCUT2D eigenvalue weighted by Crippen LogP contribution is -2.24. The summed E-state index contributed by atoms with van der Waals surface area (Å²) in [5.74, 6) is 6.80. The smallest absolute Gasteiger partial charge is 0.257 e. The van der Waals surface area contributed by atoms with Crippen molar-refractivity contribution < 1.29 is 14.1 Å². The van der Waals surface area contributed by atoms with Crippen LogP contribution in [0.5, 0.6) is 5.75 Å². The monoisotopic (exact) mass is 324 g/mol. The standard InChI is InChI=1S/C19H20N2O3/c1-4-9-16-10-5-6-11-17(16)23-13-8-7-12-20-19(22)18-14(2)21-24-15(18)3/h4-6,10-11H,1,9,12-13H2,2-3H3,(H,20,22). The zero-order valence-corrected chi connectivity index (χ0v) is 13.9. The van der Waals surface area contributed by atoms with Crippen LogP contribution in [0, 0.1) is 25.7 Å². The molecule has 0 unspecified atom stereocenters. The Morgan fingerprint density at radius 2 is 2.17 bits per heavy atom. The highest BCUT2D eigenvalue weighted by Gasteiger charge is 2.16. The third-order valence-electron chi connectivity index (χ3n) is 3.36. The molecule has 2 rings (SSSR count). The number of nitrogens with zero attached hydrogens (tertiary/aromatic N) is 1. The number of para-hydroxylation sites is 1. The Labute approximate surface area is 141 Å². The zero-order valence-electron chi connectivity index (χ0n) is 13.9. The van der Waals surface area contributed by atoms with Crippen molar-refractivity contribution in [2.45, 2.75) is 20.3 Å². The van der Waals surface area contributed by atoms with Crippen LogP contribution in [0.25, 0.3) is 0 Å². The van der Waals surface area contributed by atoms with E-state index >= 15 is 0 Å². The number of carbonyl (C=O) groups is 1. The Kier molecular flexibility index (Phi) is 6.21. The first-order chi connectivity index (χ1) is 11.6. The Hall–Kier alpha value is -3.00. The van der Waals surface area contributed by atoms with Crippen molar-refractivity contribution in [2.75, 3.05) is 13.2 Å². The number of amides is 1. The van der Waals surface area contributed by atoms with Crippen LogP contribution in [-0.4, -0.2) is 24.2 Å². The molecule has 0 bridgehead atoms. The Morgan fingerprint density at radius 1 is 1.38 bits per heavy atom. The van der Waals surface area contributed by atoms with Crippen LogP contribution in [0.2, 0.25) is 0 Å². The number of carbonyl (C=O) groups excluding carboxylic acids is 1. The Morgan fingerprint density at radius 3 is 2.88 bits per heavy atom. The lowest BCUT2D eigenvalue weighted by Gasteiger charge is -2.07. The Balaban J connectivity index is 1.81. The minimum Gasteiger partial charge on any atom is -0.481 e. The summed E-state index contributed by atoms with van der Waals surface area (Å²) in [6.07, 6.45) is 2.58. The second-order valence-electron chi connectivity index (χ2n) is 5.12. The van der Waals surface area contributed by atoms with Gasteiger partial charge in [0, 0.05) is 0 Å². The van der Waals surface area contributed by atoms with Crippen molar-refractivity contribution in [1.82, 2.24) is 10.5 Å². The van der Waals surface area contributed by atoms with E-state index < -0.39 is 0 Å². The number of rotatable bonds is 6. The van der Waals surface area contributed by atoms with Crippen LogP contribution in [0.4, 0.5) is 0 Å². The summed E-state index contributed by atoms with van der Waals surface area (Å²) in [6, 6.07) is 7.77.